The van der Waals surface area contributed by atoms with Gasteiger partial charge in [-0.2, -0.15) is 4.40 Å². The molecule has 5 aromatic rings. The summed E-state index contributed by atoms with van der Waals surface area (Å²) in [7, 11) is 0. The average molecular weight is 367 g/mol. The fraction of sp³-hybridized carbons (Fsp3) is 0.192. The lowest BCUT2D eigenvalue weighted by Crippen LogP contribution is -2.24. The monoisotopic (exact) mass is 366 g/mol. The van der Waals surface area contributed by atoms with Crippen LogP contribution in [0, 0.1) is 27.6 Å². The van der Waals surface area contributed by atoms with Gasteiger partial charge in [-0.3, -0.25) is 0 Å². The summed E-state index contributed by atoms with van der Waals surface area (Å²) in [4.78, 5) is 0. The molecular formula is C26H23N2+. The van der Waals surface area contributed by atoms with E-state index in [-0.39, 0.29) is 0 Å². The number of aryl methyl sites for hydroxylation is 3. The summed E-state index contributed by atoms with van der Waals surface area (Å²) in [5.41, 5.74) is 8.85. The van der Waals surface area contributed by atoms with Crippen molar-refractivity contribution < 1.29 is 8.51 Å². The molecule has 136 valence electrons. The first-order chi connectivity index (χ1) is 14.8. The van der Waals surface area contributed by atoms with Gasteiger partial charge in [-0.15, -0.1) is 0 Å². The molecule has 0 bridgehead atoms. The van der Waals surface area contributed by atoms with Crippen molar-refractivity contribution in [2.24, 2.45) is 0 Å². The Morgan fingerprint density at radius 1 is 0.929 bits per heavy atom. The van der Waals surface area contributed by atoms with Gasteiger partial charge in [0.1, 0.15) is 17.8 Å². The standard InChI is InChI=1S/C26H23N2/c1-15-11-12-22-21(13-15)20-10-6-9-19-14-27-18(4)25(28(22)26(27)24(19)20)23-16(2)7-5-8-17(23)3/h5-13H,14H2,1-4H3/q+1/i4D3. The lowest BCUT2D eigenvalue weighted by molar-refractivity contribution is -0.466. The van der Waals surface area contributed by atoms with E-state index in [9.17, 15) is 0 Å². The first-order valence-electron chi connectivity index (χ1n) is 11.3. The molecule has 3 aromatic carbocycles. The van der Waals surface area contributed by atoms with Gasteiger partial charge in [0.05, 0.1) is 5.39 Å². The number of rotatable bonds is 1. The molecule has 0 spiro atoms. The molecule has 0 aliphatic carbocycles. The number of hydrogen-bond donors (Lipinski definition) is 0. The highest BCUT2D eigenvalue weighted by atomic mass is 15.2. The van der Waals surface area contributed by atoms with Crippen molar-refractivity contribution in [3.8, 4) is 11.3 Å². The number of pyridine rings is 1. The Balaban J connectivity index is 1.98. The highest BCUT2D eigenvalue weighted by molar-refractivity contribution is 6.11. The second kappa shape index (κ2) is 5.23. The summed E-state index contributed by atoms with van der Waals surface area (Å²) in [5.74, 6) is 0. The van der Waals surface area contributed by atoms with E-state index in [1.807, 2.05) is 10.6 Å². The summed E-state index contributed by atoms with van der Waals surface area (Å²) < 4.78 is 29.8. The Labute approximate surface area is 168 Å². The number of imidazole rings is 1. The minimum atomic E-state index is -2.23. The van der Waals surface area contributed by atoms with Crippen LogP contribution >= 0.6 is 0 Å². The largest absolute Gasteiger partial charge is 0.296 e. The first-order valence-corrected chi connectivity index (χ1v) is 9.76. The molecule has 0 fully saturated rings. The van der Waals surface area contributed by atoms with E-state index in [1.165, 1.54) is 21.9 Å². The minimum Gasteiger partial charge on any atom is -0.222 e. The molecule has 2 heteroatoms. The van der Waals surface area contributed by atoms with Crippen LogP contribution in [0.5, 0.6) is 0 Å². The molecule has 0 saturated carbocycles. The van der Waals surface area contributed by atoms with E-state index in [0.29, 0.717) is 12.2 Å². The molecule has 0 saturated heterocycles. The maximum atomic E-state index is 8.50. The first kappa shape index (κ1) is 13.1. The Morgan fingerprint density at radius 3 is 2.50 bits per heavy atom. The molecule has 1 aliphatic rings. The molecule has 0 amide bonds. The maximum absolute atomic E-state index is 8.50. The molecule has 2 aromatic heterocycles. The summed E-state index contributed by atoms with van der Waals surface area (Å²) in [6.45, 7) is 4.60. The van der Waals surface area contributed by atoms with E-state index < -0.39 is 6.85 Å². The van der Waals surface area contributed by atoms with Crippen molar-refractivity contribution in [1.82, 2.24) is 4.57 Å². The fourth-order valence-corrected chi connectivity index (χ4v) is 5.07. The van der Waals surface area contributed by atoms with Crippen molar-refractivity contribution >= 4 is 27.3 Å². The van der Waals surface area contributed by atoms with Gasteiger partial charge < -0.3 is 0 Å². The van der Waals surface area contributed by atoms with Crippen LogP contribution in [0.3, 0.4) is 0 Å². The quantitative estimate of drug-likeness (QED) is 0.257. The zero-order valence-electron chi connectivity index (χ0n) is 19.3. The van der Waals surface area contributed by atoms with E-state index >= 15 is 0 Å². The van der Waals surface area contributed by atoms with E-state index in [0.717, 1.165) is 38.9 Å². The second-order valence-corrected chi connectivity index (χ2v) is 8.07. The van der Waals surface area contributed by atoms with Crippen LogP contribution in [-0.4, -0.2) is 4.57 Å². The van der Waals surface area contributed by atoms with Gasteiger partial charge in [-0.05, 0) is 44.0 Å². The molecule has 0 atom stereocenters. The smallest absolute Gasteiger partial charge is 0.222 e. The Morgan fingerprint density at radius 2 is 1.71 bits per heavy atom. The summed E-state index contributed by atoms with van der Waals surface area (Å²) in [6, 6.07) is 19.0. The predicted octanol–water partition coefficient (Wildman–Crippen LogP) is 5.80. The molecule has 0 radical (unpaired) electrons. The van der Waals surface area contributed by atoms with Crippen molar-refractivity contribution in [2.45, 2.75) is 34.2 Å². The summed E-state index contributed by atoms with van der Waals surface area (Å²) >= 11 is 0. The van der Waals surface area contributed by atoms with Crippen molar-refractivity contribution in [2.75, 3.05) is 0 Å². The molecule has 6 rings (SSSR count). The highest BCUT2D eigenvalue weighted by Gasteiger charge is 2.34. The molecule has 0 unspecified atom stereocenters. The van der Waals surface area contributed by atoms with Gasteiger partial charge >= 0.3 is 0 Å². The van der Waals surface area contributed by atoms with Gasteiger partial charge in [0.25, 0.3) is 5.65 Å². The fourth-order valence-electron chi connectivity index (χ4n) is 5.07. The summed E-state index contributed by atoms with van der Waals surface area (Å²) in [6.07, 6.45) is 0. The van der Waals surface area contributed by atoms with Gasteiger partial charge in [-0.1, -0.05) is 48.0 Å². The Kier molecular flexibility index (Phi) is 2.45. The Hall–Kier alpha value is -3.13. The third-order valence-electron chi connectivity index (χ3n) is 6.29. The highest BCUT2D eigenvalue weighted by Crippen LogP contribution is 2.39. The number of aromatic nitrogens is 2. The zero-order valence-corrected chi connectivity index (χ0v) is 16.3. The number of nitrogens with zero attached hydrogens (tertiary/aromatic N) is 2. The van der Waals surface area contributed by atoms with Gasteiger partial charge in [0.15, 0.2) is 5.69 Å². The molecular weight excluding hydrogens is 340 g/mol. The SMILES string of the molecule is [2H]C([2H])([2H])c1c(-c2c(C)cccc2C)[n+]2c3ccc(C)cc3c3cccc4c3c2n1C4. The van der Waals surface area contributed by atoms with Crippen LogP contribution < -0.4 is 4.40 Å². The molecule has 2 nitrogen and oxygen atoms in total. The number of fused-ring (bicyclic) bond motifs is 3. The van der Waals surface area contributed by atoms with E-state index in [2.05, 4.69) is 73.7 Å². The molecule has 1 aliphatic heterocycles. The maximum Gasteiger partial charge on any atom is 0.296 e. The van der Waals surface area contributed by atoms with Crippen LogP contribution in [-0.2, 0) is 6.54 Å². The lowest BCUT2D eigenvalue weighted by atomic mass is 9.97. The molecule has 0 N–H and O–H groups in total. The van der Waals surface area contributed by atoms with Crippen LogP contribution in [0.25, 0.3) is 38.6 Å². The zero-order chi connectivity index (χ0) is 21.7. The van der Waals surface area contributed by atoms with Crippen molar-refractivity contribution in [1.29, 1.82) is 0 Å². The van der Waals surface area contributed by atoms with Gasteiger partial charge in [0, 0.05) is 32.9 Å². The normalized spacial score (nSPS) is 14.9. The third-order valence-corrected chi connectivity index (χ3v) is 6.29. The van der Waals surface area contributed by atoms with Crippen molar-refractivity contribution in [3.05, 3.63) is 82.5 Å². The lowest BCUT2D eigenvalue weighted by Gasteiger charge is -2.10. The van der Waals surface area contributed by atoms with E-state index in [1.54, 1.807) is 0 Å². The molecule has 3 heterocycles. The number of benzene rings is 3. The van der Waals surface area contributed by atoms with Crippen LogP contribution in [0.1, 0.15) is 32.1 Å². The van der Waals surface area contributed by atoms with Crippen LogP contribution in [0.15, 0.2) is 54.6 Å². The predicted molar refractivity (Wildman–Crippen MR) is 116 cm³/mol. The van der Waals surface area contributed by atoms with Gasteiger partial charge in [-0.25, -0.2) is 4.57 Å². The Bertz CT molecular complexity index is 1550. The summed E-state index contributed by atoms with van der Waals surface area (Å²) in [5, 5.41) is 3.53. The van der Waals surface area contributed by atoms with Crippen LogP contribution in [0.2, 0.25) is 0 Å². The van der Waals surface area contributed by atoms with Gasteiger partial charge in [0.2, 0.25) is 0 Å². The third kappa shape index (κ3) is 1.80. The average Bonchev–Trinajstić information content (AvgIpc) is 3.22. The number of hydrogen-bond acceptors (Lipinski definition) is 0. The van der Waals surface area contributed by atoms with Crippen LogP contribution in [0.4, 0.5) is 0 Å². The topological polar surface area (TPSA) is 9.03 Å². The second-order valence-electron chi connectivity index (χ2n) is 8.07. The van der Waals surface area contributed by atoms with E-state index in [4.69, 9.17) is 4.11 Å². The minimum absolute atomic E-state index is 0.426. The molecule has 28 heavy (non-hydrogen) atoms. The van der Waals surface area contributed by atoms with Crippen molar-refractivity contribution in [3.63, 3.8) is 0 Å².